The number of alkyl halides is 2. The summed E-state index contributed by atoms with van der Waals surface area (Å²) in [5.74, 6) is -3.80. The second-order valence-corrected chi connectivity index (χ2v) is 3.19. The van der Waals surface area contributed by atoms with Crippen LogP contribution < -0.4 is 5.73 Å². The van der Waals surface area contributed by atoms with Gasteiger partial charge in [0.05, 0.1) is 0 Å². The molecular formula is C8H7F3N2. The molecule has 13 heavy (non-hydrogen) atoms. The Bertz CT molecular complexity index is 353. The van der Waals surface area contributed by atoms with E-state index in [4.69, 9.17) is 5.73 Å². The largest absolute Gasteiger partial charge is 0.315 e. The summed E-state index contributed by atoms with van der Waals surface area (Å²) in [6.07, 6.45) is 0.718. The maximum Gasteiger partial charge on any atom is 0.274 e. The van der Waals surface area contributed by atoms with Gasteiger partial charge in [-0.25, -0.2) is 13.2 Å². The van der Waals surface area contributed by atoms with Gasteiger partial charge in [0.25, 0.3) is 5.92 Å². The molecule has 0 spiro atoms. The first kappa shape index (κ1) is 8.50. The van der Waals surface area contributed by atoms with Crippen molar-refractivity contribution in [2.45, 2.75) is 17.9 Å². The van der Waals surface area contributed by atoms with E-state index >= 15 is 0 Å². The van der Waals surface area contributed by atoms with Crippen LogP contribution in [0.1, 0.15) is 12.1 Å². The molecule has 2 N–H and O–H groups in total. The average molecular weight is 188 g/mol. The minimum Gasteiger partial charge on any atom is -0.315 e. The van der Waals surface area contributed by atoms with Crippen LogP contribution in [0, 0.1) is 5.82 Å². The van der Waals surface area contributed by atoms with Crippen LogP contribution in [0.15, 0.2) is 18.3 Å². The second kappa shape index (κ2) is 2.23. The lowest BCUT2D eigenvalue weighted by Crippen LogP contribution is -2.29. The number of aromatic nitrogens is 1. The van der Waals surface area contributed by atoms with Gasteiger partial charge in [0.1, 0.15) is 17.1 Å². The van der Waals surface area contributed by atoms with Gasteiger partial charge in [-0.05, 0) is 12.1 Å². The van der Waals surface area contributed by atoms with Crippen molar-refractivity contribution in [1.82, 2.24) is 4.98 Å². The first-order valence-electron chi connectivity index (χ1n) is 3.75. The van der Waals surface area contributed by atoms with E-state index in [1.165, 1.54) is 12.3 Å². The molecule has 0 bridgehead atoms. The predicted octanol–water partition coefficient (Wildman–Crippen LogP) is 1.41. The minimum absolute atomic E-state index is 0.347. The van der Waals surface area contributed by atoms with E-state index in [0.29, 0.717) is 0 Å². The van der Waals surface area contributed by atoms with Crippen molar-refractivity contribution in [3.63, 3.8) is 0 Å². The lowest BCUT2D eigenvalue weighted by atomic mass is 10.1. The quantitative estimate of drug-likeness (QED) is 0.723. The van der Waals surface area contributed by atoms with Crippen molar-refractivity contribution in [2.75, 3.05) is 0 Å². The minimum atomic E-state index is -3.03. The van der Waals surface area contributed by atoms with Crippen LogP contribution in [-0.2, 0) is 5.54 Å². The fourth-order valence-electron chi connectivity index (χ4n) is 1.28. The third-order valence-electron chi connectivity index (χ3n) is 2.21. The summed E-state index contributed by atoms with van der Waals surface area (Å²) in [6, 6.07) is 2.41. The number of hydrogen-bond donors (Lipinski definition) is 1. The molecular weight excluding hydrogens is 181 g/mol. The molecule has 0 saturated heterocycles. The molecule has 1 saturated carbocycles. The van der Waals surface area contributed by atoms with Crippen LogP contribution in [0.3, 0.4) is 0 Å². The van der Waals surface area contributed by atoms with E-state index in [0.717, 1.165) is 6.07 Å². The summed E-state index contributed by atoms with van der Waals surface area (Å²) in [5.41, 5.74) is 3.06. The zero-order valence-corrected chi connectivity index (χ0v) is 6.60. The Morgan fingerprint density at radius 2 is 2.08 bits per heavy atom. The lowest BCUT2D eigenvalue weighted by Gasteiger charge is -2.09. The molecule has 2 rings (SSSR count). The van der Waals surface area contributed by atoms with Crippen molar-refractivity contribution in [3.05, 3.63) is 29.8 Å². The fraction of sp³-hybridized carbons (Fsp3) is 0.375. The van der Waals surface area contributed by atoms with Crippen LogP contribution in [-0.4, -0.2) is 10.9 Å². The highest BCUT2D eigenvalue weighted by Crippen LogP contribution is 2.57. The van der Waals surface area contributed by atoms with E-state index < -0.39 is 23.7 Å². The molecule has 2 nitrogen and oxygen atoms in total. The number of hydrogen-bond acceptors (Lipinski definition) is 2. The highest BCUT2D eigenvalue weighted by Gasteiger charge is 2.71. The fourth-order valence-corrected chi connectivity index (χ4v) is 1.28. The van der Waals surface area contributed by atoms with Crippen LogP contribution in [0.2, 0.25) is 0 Å². The third-order valence-corrected chi connectivity index (χ3v) is 2.21. The van der Waals surface area contributed by atoms with Crippen molar-refractivity contribution in [2.24, 2.45) is 5.73 Å². The Morgan fingerprint density at radius 1 is 1.46 bits per heavy atom. The van der Waals surface area contributed by atoms with Gasteiger partial charge < -0.3 is 5.73 Å². The van der Waals surface area contributed by atoms with Gasteiger partial charge in [-0.15, -0.1) is 0 Å². The lowest BCUT2D eigenvalue weighted by molar-refractivity contribution is 0.0870. The topological polar surface area (TPSA) is 38.9 Å². The molecule has 5 heteroatoms. The summed E-state index contributed by atoms with van der Waals surface area (Å²) in [5, 5.41) is 0. The molecule has 0 radical (unpaired) electrons. The van der Waals surface area contributed by atoms with Crippen molar-refractivity contribution in [3.8, 4) is 0 Å². The Hall–Kier alpha value is -1.10. The molecule has 70 valence electrons. The standard InChI is InChI=1S/C8H7F3N2/c9-5-2-1-3-13-6(5)7(12)4-8(7,10)11/h1-3H,4,12H2. The smallest absolute Gasteiger partial charge is 0.274 e. The van der Waals surface area contributed by atoms with Crippen LogP contribution >= 0.6 is 0 Å². The normalized spacial score (nSPS) is 30.2. The molecule has 1 aliphatic carbocycles. The molecule has 1 aliphatic rings. The summed E-state index contributed by atoms with van der Waals surface area (Å²) < 4.78 is 38.4. The Kier molecular flexibility index (Phi) is 1.46. The zero-order chi connectivity index (χ0) is 9.69. The molecule has 1 atom stereocenters. The second-order valence-electron chi connectivity index (χ2n) is 3.19. The first-order valence-corrected chi connectivity index (χ1v) is 3.75. The first-order chi connectivity index (χ1) is 5.97. The number of nitrogens with zero attached hydrogens (tertiary/aromatic N) is 1. The maximum absolute atomic E-state index is 13.0. The number of rotatable bonds is 1. The summed E-state index contributed by atoms with van der Waals surface area (Å²) >= 11 is 0. The predicted molar refractivity (Wildman–Crippen MR) is 39.6 cm³/mol. The van der Waals surface area contributed by atoms with E-state index in [1.54, 1.807) is 0 Å². The van der Waals surface area contributed by atoms with E-state index in [1.807, 2.05) is 0 Å². The Labute approximate surface area is 72.6 Å². The molecule has 1 heterocycles. The van der Waals surface area contributed by atoms with Crippen molar-refractivity contribution < 1.29 is 13.2 Å². The molecule has 1 aromatic rings. The molecule has 1 fully saturated rings. The summed E-state index contributed by atoms with van der Waals surface area (Å²) in [4.78, 5) is 3.53. The van der Waals surface area contributed by atoms with E-state index in [-0.39, 0.29) is 5.69 Å². The molecule has 0 aromatic carbocycles. The van der Waals surface area contributed by atoms with Gasteiger partial charge in [0.2, 0.25) is 0 Å². The third kappa shape index (κ3) is 1.03. The van der Waals surface area contributed by atoms with E-state index in [9.17, 15) is 13.2 Å². The highest BCUT2D eigenvalue weighted by atomic mass is 19.3. The summed E-state index contributed by atoms with van der Waals surface area (Å²) in [6.45, 7) is 0. The van der Waals surface area contributed by atoms with E-state index in [2.05, 4.69) is 4.98 Å². The Balaban J connectivity index is 2.44. The van der Waals surface area contributed by atoms with Gasteiger partial charge in [-0.2, -0.15) is 0 Å². The van der Waals surface area contributed by atoms with Crippen molar-refractivity contribution >= 4 is 0 Å². The van der Waals surface area contributed by atoms with Crippen LogP contribution in [0.4, 0.5) is 13.2 Å². The van der Waals surface area contributed by atoms with Gasteiger partial charge in [0.15, 0.2) is 0 Å². The SMILES string of the molecule is NC1(c2ncccc2F)CC1(F)F. The summed E-state index contributed by atoms with van der Waals surface area (Å²) in [7, 11) is 0. The average Bonchev–Trinajstić information content (AvgIpc) is 2.53. The maximum atomic E-state index is 13.0. The van der Waals surface area contributed by atoms with Gasteiger partial charge in [0, 0.05) is 12.6 Å². The molecule has 0 aliphatic heterocycles. The van der Waals surface area contributed by atoms with Gasteiger partial charge in [-0.3, -0.25) is 4.98 Å². The number of nitrogens with two attached hydrogens (primary N) is 1. The molecule has 1 aromatic heterocycles. The molecule has 1 unspecified atom stereocenters. The van der Waals surface area contributed by atoms with Gasteiger partial charge >= 0.3 is 0 Å². The van der Waals surface area contributed by atoms with Crippen molar-refractivity contribution in [1.29, 1.82) is 0 Å². The molecule has 0 amide bonds. The zero-order valence-electron chi connectivity index (χ0n) is 6.60. The number of pyridine rings is 1. The monoisotopic (exact) mass is 188 g/mol. The van der Waals surface area contributed by atoms with Gasteiger partial charge in [-0.1, -0.05) is 0 Å². The Morgan fingerprint density at radius 3 is 2.54 bits per heavy atom. The number of halogens is 3. The van der Waals surface area contributed by atoms with Crippen LogP contribution in [0.5, 0.6) is 0 Å². The highest BCUT2D eigenvalue weighted by molar-refractivity contribution is 5.31. The van der Waals surface area contributed by atoms with Crippen LogP contribution in [0.25, 0.3) is 0 Å².